The summed E-state index contributed by atoms with van der Waals surface area (Å²) in [6.45, 7) is 0.380. The summed E-state index contributed by atoms with van der Waals surface area (Å²) in [6, 6.07) is 12.8. The van der Waals surface area contributed by atoms with E-state index in [1.165, 1.54) is 0 Å². The molecule has 21 heavy (non-hydrogen) atoms. The second kappa shape index (κ2) is 6.28. The Kier molecular flexibility index (Phi) is 4.45. The number of hydrogen-bond acceptors (Lipinski definition) is 4. The van der Waals surface area contributed by atoms with Crippen LogP contribution in [0.3, 0.4) is 0 Å². The molecule has 5 heteroatoms. The number of anilines is 3. The van der Waals surface area contributed by atoms with Gasteiger partial charge >= 0.3 is 0 Å². The van der Waals surface area contributed by atoms with E-state index in [2.05, 4.69) is 5.32 Å². The molecule has 0 aliphatic carbocycles. The molecule has 0 atom stereocenters. The highest BCUT2D eigenvalue weighted by Crippen LogP contribution is 2.19. The molecule has 0 aliphatic rings. The summed E-state index contributed by atoms with van der Waals surface area (Å²) in [6.07, 6.45) is 0. The fourth-order valence-electron chi connectivity index (χ4n) is 1.99. The summed E-state index contributed by atoms with van der Waals surface area (Å²) in [5, 5.41) is 2.84. The number of rotatable bonds is 4. The van der Waals surface area contributed by atoms with Crippen LogP contribution in [0.1, 0.15) is 15.9 Å². The Morgan fingerprint density at radius 1 is 1.19 bits per heavy atom. The smallest absolute Gasteiger partial charge is 0.255 e. The minimum Gasteiger partial charge on any atom is -0.398 e. The van der Waals surface area contributed by atoms with Gasteiger partial charge < -0.3 is 21.7 Å². The Labute approximate surface area is 124 Å². The zero-order chi connectivity index (χ0) is 15.4. The molecule has 0 heterocycles. The van der Waals surface area contributed by atoms with Crippen LogP contribution >= 0.6 is 0 Å². The molecule has 0 bridgehead atoms. The highest BCUT2D eigenvalue weighted by molar-refractivity contribution is 6.05. The monoisotopic (exact) mass is 284 g/mol. The van der Waals surface area contributed by atoms with Gasteiger partial charge in [-0.1, -0.05) is 12.1 Å². The summed E-state index contributed by atoms with van der Waals surface area (Å²) < 4.78 is 0. The number of nitrogens with one attached hydrogen (secondary N) is 1. The Bertz CT molecular complexity index is 652. The van der Waals surface area contributed by atoms with Crippen LogP contribution in [0.4, 0.5) is 17.1 Å². The van der Waals surface area contributed by atoms with Gasteiger partial charge in [0.1, 0.15) is 0 Å². The molecule has 5 N–H and O–H groups in total. The maximum Gasteiger partial charge on any atom is 0.255 e. The van der Waals surface area contributed by atoms with Crippen LogP contribution in [0.25, 0.3) is 0 Å². The van der Waals surface area contributed by atoms with Crippen LogP contribution in [0.5, 0.6) is 0 Å². The highest BCUT2D eigenvalue weighted by atomic mass is 16.1. The average Bonchev–Trinajstić information content (AvgIpc) is 2.47. The molecule has 2 rings (SSSR count). The number of carbonyl (C=O) groups excluding carboxylic acids is 1. The number of nitrogen functional groups attached to an aromatic ring is 1. The van der Waals surface area contributed by atoms with Gasteiger partial charge in [0.25, 0.3) is 5.91 Å². The van der Waals surface area contributed by atoms with Crippen LogP contribution in [-0.2, 0) is 6.54 Å². The summed E-state index contributed by atoms with van der Waals surface area (Å²) in [5.41, 5.74) is 15.1. The lowest BCUT2D eigenvalue weighted by atomic mass is 10.1. The summed E-state index contributed by atoms with van der Waals surface area (Å²) in [4.78, 5) is 14.2. The molecule has 0 radical (unpaired) electrons. The lowest BCUT2D eigenvalue weighted by Crippen LogP contribution is -2.14. The summed E-state index contributed by atoms with van der Waals surface area (Å²) >= 11 is 0. The van der Waals surface area contributed by atoms with Gasteiger partial charge in [0, 0.05) is 43.3 Å². The lowest BCUT2D eigenvalue weighted by molar-refractivity contribution is 0.102. The third kappa shape index (κ3) is 3.52. The van der Waals surface area contributed by atoms with Gasteiger partial charge in [-0.15, -0.1) is 0 Å². The number of benzene rings is 2. The van der Waals surface area contributed by atoms with Crippen molar-refractivity contribution < 1.29 is 4.79 Å². The van der Waals surface area contributed by atoms with E-state index in [1.54, 1.807) is 18.2 Å². The van der Waals surface area contributed by atoms with Gasteiger partial charge in [0.15, 0.2) is 0 Å². The third-order valence-corrected chi connectivity index (χ3v) is 3.25. The van der Waals surface area contributed by atoms with Crippen LogP contribution in [-0.4, -0.2) is 20.0 Å². The largest absolute Gasteiger partial charge is 0.398 e. The standard InChI is InChI=1S/C16H20N4O/c1-20(2)14-5-3-4-11(8-14)16(21)19-13-7-6-12(10-17)15(18)9-13/h3-9H,10,17-18H2,1-2H3,(H,19,21). The molecule has 0 saturated heterocycles. The van der Waals surface area contributed by atoms with Gasteiger partial charge in [-0.2, -0.15) is 0 Å². The fraction of sp³-hybridized carbons (Fsp3) is 0.188. The quantitative estimate of drug-likeness (QED) is 0.750. The predicted molar refractivity (Wildman–Crippen MR) is 87.5 cm³/mol. The van der Waals surface area contributed by atoms with E-state index in [9.17, 15) is 4.79 Å². The lowest BCUT2D eigenvalue weighted by Gasteiger charge is -2.14. The van der Waals surface area contributed by atoms with E-state index in [0.29, 0.717) is 23.5 Å². The Morgan fingerprint density at radius 3 is 2.57 bits per heavy atom. The number of nitrogens with zero attached hydrogens (tertiary/aromatic N) is 1. The Hall–Kier alpha value is -2.53. The second-order valence-electron chi connectivity index (χ2n) is 5.02. The maximum absolute atomic E-state index is 12.3. The van der Waals surface area contributed by atoms with Crippen molar-refractivity contribution in [2.45, 2.75) is 6.54 Å². The average molecular weight is 284 g/mol. The highest BCUT2D eigenvalue weighted by Gasteiger charge is 2.08. The van der Waals surface area contributed by atoms with Crippen LogP contribution in [0.15, 0.2) is 42.5 Å². The fourth-order valence-corrected chi connectivity index (χ4v) is 1.99. The first-order valence-electron chi connectivity index (χ1n) is 6.68. The van der Waals surface area contributed by atoms with Crippen molar-refractivity contribution in [3.63, 3.8) is 0 Å². The Morgan fingerprint density at radius 2 is 1.95 bits per heavy atom. The van der Waals surface area contributed by atoms with Gasteiger partial charge in [-0.25, -0.2) is 0 Å². The van der Waals surface area contributed by atoms with Crippen molar-refractivity contribution in [3.8, 4) is 0 Å². The molecule has 0 spiro atoms. The number of amides is 1. The van der Waals surface area contributed by atoms with E-state index in [1.807, 2.05) is 43.3 Å². The normalized spacial score (nSPS) is 10.2. The molecule has 2 aromatic carbocycles. The van der Waals surface area contributed by atoms with Gasteiger partial charge in [-0.05, 0) is 35.9 Å². The second-order valence-corrected chi connectivity index (χ2v) is 5.02. The van der Waals surface area contributed by atoms with Crippen molar-refractivity contribution in [1.82, 2.24) is 0 Å². The van der Waals surface area contributed by atoms with Crippen molar-refractivity contribution in [2.24, 2.45) is 5.73 Å². The molecule has 0 fully saturated rings. The predicted octanol–water partition coefficient (Wildman–Crippen LogP) is 2.05. The van der Waals surface area contributed by atoms with E-state index >= 15 is 0 Å². The zero-order valence-corrected chi connectivity index (χ0v) is 12.3. The molecule has 1 amide bonds. The molecule has 0 saturated carbocycles. The summed E-state index contributed by atoms with van der Waals surface area (Å²) in [5.74, 6) is -0.168. The molecule has 0 aliphatic heterocycles. The van der Waals surface area contributed by atoms with E-state index < -0.39 is 0 Å². The first kappa shape index (κ1) is 14.9. The molecule has 0 aromatic heterocycles. The maximum atomic E-state index is 12.3. The molecular weight excluding hydrogens is 264 g/mol. The van der Waals surface area contributed by atoms with Gasteiger partial charge in [0.2, 0.25) is 0 Å². The van der Waals surface area contributed by atoms with E-state index in [-0.39, 0.29) is 5.91 Å². The first-order valence-corrected chi connectivity index (χ1v) is 6.68. The van der Waals surface area contributed by atoms with E-state index in [4.69, 9.17) is 11.5 Å². The van der Waals surface area contributed by atoms with Crippen LogP contribution in [0.2, 0.25) is 0 Å². The molecule has 110 valence electrons. The SMILES string of the molecule is CN(C)c1cccc(C(=O)Nc2ccc(CN)c(N)c2)c1. The Balaban J connectivity index is 2.18. The van der Waals surface area contributed by atoms with Crippen molar-refractivity contribution in [1.29, 1.82) is 0 Å². The summed E-state index contributed by atoms with van der Waals surface area (Å²) in [7, 11) is 3.87. The number of nitrogens with two attached hydrogens (primary N) is 2. The molecule has 2 aromatic rings. The van der Waals surface area contributed by atoms with E-state index in [0.717, 1.165) is 11.3 Å². The minimum absolute atomic E-state index is 0.168. The number of carbonyl (C=O) groups is 1. The topological polar surface area (TPSA) is 84.4 Å². The van der Waals surface area contributed by atoms with Gasteiger partial charge in [0.05, 0.1) is 0 Å². The first-order chi connectivity index (χ1) is 10.0. The zero-order valence-electron chi connectivity index (χ0n) is 12.3. The molecular formula is C16H20N4O. The van der Waals surface area contributed by atoms with Crippen molar-refractivity contribution >= 4 is 23.0 Å². The number of hydrogen-bond donors (Lipinski definition) is 3. The minimum atomic E-state index is -0.168. The van der Waals surface area contributed by atoms with Crippen molar-refractivity contribution in [3.05, 3.63) is 53.6 Å². The van der Waals surface area contributed by atoms with Crippen LogP contribution < -0.4 is 21.7 Å². The van der Waals surface area contributed by atoms with Crippen LogP contribution in [0, 0.1) is 0 Å². The van der Waals surface area contributed by atoms with Crippen molar-refractivity contribution in [2.75, 3.05) is 30.0 Å². The molecule has 5 nitrogen and oxygen atoms in total. The molecule has 0 unspecified atom stereocenters. The van der Waals surface area contributed by atoms with Gasteiger partial charge in [-0.3, -0.25) is 4.79 Å². The third-order valence-electron chi connectivity index (χ3n) is 3.25.